The number of benzene rings is 2. The maximum atomic E-state index is 13.0. The third kappa shape index (κ3) is 5.22. The second kappa shape index (κ2) is 8.85. The van der Waals surface area contributed by atoms with E-state index in [1.165, 1.54) is 35.4 Å². The SMILES string of the molecule is N=C1CC(c2ccnc(Nc3cccc(C(F)(F)F)c3)c2)=CCN1c1cccc(C(F)(F)F)c1. The standard InChI is InChI=1S/C24H18F6N4/c25-23(26,27)17-3-1-5-19(13-17)33-22-12-15(7-9-32-22)16-8-10-34(21(31)11-16)20-6-2-4-18(14-20)24(28,29)30/h1-9,12-14,31H,10-11H2,(H,32,33). The fourth-order valence-electron chi connectivity index (χ4n) is 3.61. The third-order valence-electron chi connectivity index (χ3n) is 5.28. The molecule has 1 aliphatic heterocycles. The van der Waals surface area contributed by atoms with Crippen LogP contribution < -0.4 is 10.2 Å². The number of hydrogen-bond acceptors (Lipinski definition) is 3. The van der Waals surface area contributed by atoms with Crippen molar-refractivity contribution in [3.63, 3.8) is 0 Å². The lowest BCUT2D eigenvalue weighted by molar-refractivity contribution is -0.138. The van der Waals surface area contributed by atoms with Crippen molar-refractivity contribution >= 4 is 28.6 Å². The Morgan fingerprint density at radius 1 is 0.853 bits per heavy atom. The Balaban J connectivity index is 1.53. The van der Waals surface area contributed by atoms with E-state index in [1.54, 1.807) is 12.1 Å². The second-order valence-corrected chi connectivity index (χ2v) is 7.64. The monoisotopic (exact) mass is 476 g/mol. The van der Waals surface area contributed by atoms with E-state index < -0.39 is 23.5 Å². The summed E-state index contributed by atoms with van der Waals surface area (Å²) >= 11 is 0. The van der Waals surface area contributed by atoms with Gasteiger partial charge in [0.15, 0.2) is 0 Å². The maximum Gasteiger partial charge on any atom is 0.416 e. The molecule has 0 amide bonds. The average molecular weight is 476 g/mol. The van der Waals surface area contributed by atoms with Gasteiger partial charge in [-0.15, -0.1) is 0 Å². The molecule has 0 bridgehead atoms. The van der Waals surface area contributed by atoms with Gasteiger partial charge < -0.3 is 10.2 Å². The zero-order chi connectivity index (χ0) is 24.5. The predicted molar refractivity (Wildman–Crippen MR) is 118 cm³/mol. The number of anilines is 3. The van der Waals surface area contributed by atoms with Crippen molar-refractivity contribution in [2.45, 2.75) is 18.8 Å². The van der Waals surface area contributed by atoms with E-state index in [2.05, 4.69) is 10.3 Å². The Morgan fingerprint density at radius 2 is 1.53 bits per heavy atom. The average Bonchev–Trinajstić information content (AvgIpc) is 2.78. The normalized spacial score (nSPS) is 14.7. The molecule has 34 heavy (non-hydrogen) atoms. The van der Waals surface area contributed by atoms with E-state index in [0.29, 0.717) is 11.4 Å². The summed E-state index contributed by atoms with van der Waals surface area (Å²) in [5.74, 6) is 0.450. The van der Waals surface area contributed by atoms with Crippen LogP contribution in [-0.4, -0.2) is 17.4 Å². The number of pyridine rings is 1. The quantitative estimate of drug-likeness (QED) is 0.394. The van der Waals surface area contributed by atoms with Crippen molar-refractivity contribution in [2.24, 2.45) is 0 Å². The number of halogens is 6. The lowest BCUT2D eigenvalue weighted by Crippen LogP contribution is -2.33. The summed E-state index contributed by atoms with van der Waals surface area (Å²) in [5, 5.41) is 11.2. The van der Waals surface area contributed by atoms with Crippen molar-refractivity contribution in [2.75, 3.05) is 16.8 Å². The molecule has 2 aromatic carbocycles. The largest absolute Gasteiger partial charge is 0.416 e. The lowest BCUT2D eigenvalue weighted by Gasteiger charge is -2.29. The number of nitrogens with one attached hydrogen (secondary N) is 2. The van der Waals surface area contributed by atoms with Gasteiger partial charge in [0.1, 0.15) is 11.7 Å². The number of nitrogens with zero attached hydrogens (tertiary/aromatic N) is 2. The van der Waals surface area contributed by atoms with E-state index >= 15 is 0 Å². The molecule has 10 heteroatoms. The molecule has 4 rings (SSSR count). The Labute approximate surface area is 191 Å². The number of alkyl halides is 6. The molecular weight excluding hydrogens is 458 g/mol. The number of amidine groups is 1. The fourth-order valence-corrected chi connectivity index (χ4v) is 3.61. The minimum atomic E-state index is -4.48. The van der Waals surface area contributed by atoms with Crippen molar-refractivity contribution in [3.05, 3.63) is 89.6 Å². The van der Waals surface area contributed by atoms with Crippen molar-refractivity contribution in [3.8, 4) is 0 Å². The summed E-state index contributed by atoms with van der Waals surface area (Å²) in [7, 11) is 0. The molecule has 0 fully saturated rings. The molecule has 4 nitrogen and oxygen atoms in total. The minimum absolute atomic E-state index is 0.126. The summed E-state index contributed by atoms with van der Waals surface area (Å²) in [6.45, 7) is 0.203. The van der Waals surface area contributed by atoms with Gasteiger partial charge in [0.2, 0.25) is 0 Å². The molecule has 0 unspecified atom stereocenters. The number of rotatable bonds is 4. The van der Waals surface area contributed by atoms with E-state index in [4.69, 9.17) is 5.41 Å². The second-order valence-electron chi connectivity index (χ2n) is 7.64. The highest BCUT2D eigenvalue weighted by Crippen LogP contribution is 2.34. The summed E-state index contributed by atoms with van der Waals surface area (Å²) in [6.07, 6.45) is -5.47. The van der Waals surface area contributed by atoms with Crippen molar-refractivity contribution in [1.29, 1.82) is 5.41 Å². The van der Waals surface area contributed by atoms with Crippen LogP contribution in [0.15, 0.2) is 72.9 Å². The first-order valence-electron chi connectivity index (χ1n) is 10.1. The summed E-state index contributed by atoms with van der Waals surface area (Å²) in [5.41, 5.74) is 0.400. The van der Waals surface area contributed by atoms with Gasteiger partial charge in [-0.2, -0.15) is 26.3 Å². The Hall–Kier alpha value is -3.82. The van der Waals surface area contributed by atoms with Gasteiger partial charge in [-0.05, 0) is 59.7 Å². The minimum Gasteiger partial charge on any atom is -0.340 e. The van der Waals surface area contributed by atoms with Crippen molar-refractivity contribution in [1.82, 2.24) is 4.98 Å². The summed E-state index contributed by atoms with van der Waals surface area (Å²) < 4.78 is 78.0. The zero-order valence-corrected chi connectivity index (χ0v) is 17.5. The third-order valence-corrected chi connectivity index (χ3v) is 5.28. The predicted octanol–water partition coefficient (Wildman–Crippen LogP) is 7.13. The molecule has 2 heterocycles. The highest BCUT2D eigenvalue weighted by Gasteiger charge is 2.32. The molecule has 0 saturated heterocycles. The van der Waals surface area contributed by atoms with E-state index in [1.807, 2.05) is 6.08 Å². The molecule has 3 aromatic rings. The van der Waals surface area contributed by atoms with E-state index in [0.717, 1.165) is 29.8 Å². The summed E-state index contributed by atoms with van der Waals surface area (Å²) in [6, 6.07) is 12.9. The molecule has 0 radical (unpaired) electrons. The van der Waals surface area contributed by atoms with Gasteiger partial charge in [-0.1, -0.05) is 18.2 Å². The Bertz CT molecular complexity index is 1250. The van der Waals surface area contributed by atoms with Crippen LogP contribution in [0.2, 0.25) is 0 Å². The molecule has 2 N–H and O–H groups in total. The first kappa shape index (κ1) is 23.3. The number of aromatic nitrogens is 1. The first-order valence-corrected chi connectivity index (χ1v) is 10.1. The zero-order valence-electron chi connectivity index (χ0n) is 17.5. The van der Waals surface area contributed by atoms with Gasteiger partial charge in [-0.3, -0.25) is 5.41 Å². The van der Waals surface area contributed by atoms with Gasteiger partial charge in [0.25, 0.3) is 0 Å². The first-order chi connectivity index (χ1) is 16.0. The molecule has 0 spiro atoms. The van der Waals surface area contributed by atoms with E-state index in [-0.39, 0.29) is 30.2 Å². The van der Waals surface area contributed by atoms with Crippen LogP contribution in [0.3, 0.4) is 0 Å². The van der Waals surface area contributed by atoms with Crippen LogP contribution >= 0.6 is 0 Å². The topological polar surface area (TPSA) is 52.0 Å². The van der Waals surface area contributed by atoms with Gasteiger partial charge in [0, 0.05) is 30.5 Å². The molecule has 0 atom stereocenters. The maximum absolute atomic E-state index is 13.0. The molecule has 1 aliphatic rings. The lowest BCUT2D eigenvalue weighted by atomic mass is 9.98. The van der Waals surface area contributed by atoms with Crippen LogP contribution in [0.25, 0.3) is 5.57 Å². The Kier molecular flexibility index (Phi) is 6.07. The van der Waals surface area contributed by atoms with E-state index in [9.17, 15) is 26.3 Å². The molecular formula is C24H18F6N4. The van der Waals surface area contributed by atoms with Crippen LogP contribution in [0, 0.1) is 5.41 Å². The molecule has 0 aliphatic carbocycles. The molecule has 1 aromatic heterocycles. The van der Waals surface area contributed by atoms with Gasteiger partial charge in [0.05, 0.1) is 11.1 Å². The highest BCUT2D eigenvalue weighted by molar-refractivity contribution is 6.04. The molecule has 0 saturated carbocycles. The van der Waals surface area contributed by atoms with Gasteiger partial charge >= 0.3 is 12.4 Å². The van der Waals surface area contributed by atoms with Gasteiger partial charge in [-0.25, -0.2) is 4.98 Å². The van der Waals surface area contributed by atoms with Crippen LogP contribution in [-0.2, 0) is 12.4 Å². The molecule has 176 valence electrons. The van der Waals surface area contributed by atoms with Crippen molar-refractivity contribution < 1.29 is 26.3 Å². The van der Waals surface area contributed by atoms with Crippen LogP contribution in [0.4, 0.5) is 43.5 Å². The number of hydrogen-bond donors (Lipinski definition) is 2. The highest BCUT2D eigenvalue weighted by atomic mass is 19.4. The Morgan fingerprint density at radius 3 is 2.21 bits per heavy atom. The smallest absolute Gasteiger partial charge is 0.340 e. The fraction of sp³-hybridized carbons (Fsp3) is 0.167. The van der Waals surface area contributed by atoms with Crippen LogP contribution in [0.1, 0.15) is 23.1 Å². The summed E-state index contributed by atoms with van der Waals surface area (Å²) in [4.78, 5) is 5.63. The van der Waals surface area contributed by atoms with Crippen LogP contribution in [0.5, 0.6) is 0 Å².